The number of rotatable bonds is 8. The molecule has 2 aromatic carbocycles. The van der Waals surface area contributed by atoms with Crippen molar-refractivity contribution in [1.82, 2.24) is 9.47 Å². The summed E-state index contributed by atoms with van der Waals surface area (Å²) in [5, 5.41) is 0.646. The second-order valence-electron chi connectivity index (χ2n) is 8.33. The highest BCUT2D eigenvalue weighted by molar-refractivity contribution is 8.18. The van der Waals surface area contributed by atoms with Crippen molar-refractivity contribution in [3.8, 4) is 11.4 Å². The highest BCUT2D eigenvalue weighted by Gasteiger charge is 2.33. The van der Waals surface area contributed by atoms with Gasteiger partial charge in [-0.3, -0.25) is 9.69 Å². The number of nitrogens with zero attached hydrogens (tertiary/aromatic N) is 3. The molecule has 0 N–H and O–H groups in total. The summed E-state index contributed by atoms with van der Waals surface area (Å²) in [6.45, 7) is 7.21. The average molecular weight is 490 g/mol. The maximum absolute atomic E-state index is 13.3. The lowest BCUT2D eigenvalue weighted by Crippen LogP contribution is -2.32. The second kappa shape index (κ2) is 11.0. The molecule has 7 heteroatoms. The van der Waals surface area contributed by atoms with Crippen molar-refractivity contribution in [2.24, 2.45) is 4.99 Å². The van der Waals surface area contributed by atoms with Gasteiger partial charge < -0.3 is 14.0 Å². The number of benzene rings is 2. The fourth-order valence-electron chi connectivity index (χ4n) is 4.09. The fraction of sp³-hybridized carbons (Fsp3) is 0.286. The summed E-state index contributed by atoms with van der Waals surface area (Å²) in [5.74, 6) is 0.706. The zero-order valence-corrected chi connectivity index (χ0v) is 21.7. The highest BCUT2D eigenvalue weighted by Crippen LogP contribution is 2.35. The van der Waals surface area contributed by atoms with Crippen LogP contribution in [-0.2, 0) is 16.0 Å². The van der Waals surface area contributed by atoms with Crippen LogP contribution in [0.15, 0.2) is 64.5 Å². The van der Waals surface area contributed by atoms with E-state index in [4.69, 9.17) is 14.5 Å². The Morgan fingerprint density at radius 1 is 1.03 bits per heavy atom. The van der Waals surface area contributed by atoms with Gasteiger partial charge in [0.15, 0.2) is 5.17 Å². The molecule has 0 aliphatic carbocycles. The van der Waals surface area contributed by atoms with Crippen molar-refractivity contribution in [2.45, 2.75) is 27.2 Å². The molecule has 35 heavy (non-hydrogen) atoms. The van der Waals surface area contributed by atoms with Crippen LogP contribution in [0.4, 0.5) is 5.69 Å². The Bertz CT molecular complexity index is 1260. The lowest BCUT2D eigenvalue weighted by atomic mass is 10.1. The summed E-state index contributed by atoms with van der Waals surface area (Å²) in [7, 11) is 3.26. The van der Waals surface area contributed by atoms with Gasteiger partial charge in [0.2, 0.25) is 0 Å². The summed E-state index contributed by atoms with van der Waals surface area (Å²) in [6.07, 6.45) is 2.99. The standard InChI is InChI=1S/C28H31N3O3S/c1-6-21-7-11-24(12-8-21)31-19(2)17-22(20(31)3)18-26-27(32)30(15-16-33-4)28(35-26)29-23-9-13-25(34-5)14-10-23/h7-14,17-18H,6,15-16H2,1-5H3/b26-18-,29-28?. The van der Waals surface area contributed by atoms with Gasteiger partial charge in [-0.15, -0.1) is 0 Å². The van der Waals surface area contributed by atoms with Crippen molar-refractivity contribution >= 4 is 34.6 Å². The Kier molecular flexibility index (Phi) is 7.78. The Morgan fingerprint density at radius 3 is 2.37 bits per heavy atom. The molecule has 3 aromatic rings. The normalized spacial score (nSPS) is 16.0. The number of methoxy groups -OCH3 is 2. The smallest absolute Gasteiger partial charge is 0.266 e. The molecule has 0 spiro atoms. The molecule has 1 saturated heterocycles. The third-order valence-electron chi connectivity index (χ3n) is 6.06. The average Bonchev–Trinajstić information content (AvgIpc) is 3.32. The molecule has 0 saturated carbocycles. The molecule has 182 valence electrons. The Hall–Kier alpha value is -3.29. The van der Waals surface area contributed by atoms with Crippen LogP contribution in [0.25, 0.3) is 11.8 Å². The molecule has 1 aliphatic rings. The van der Waals surface area contributed by atoms with E-state index in [0.717, 1.165) is 40.5 Å². The van der Waals surface area contributed by atoms with Crippen molar-refractivity contribution in [3.63, 3.8) is 0 Å². The minimum absolute atomic E-state index is 0.0589. The van der Waals surface area contributed by atoms with Gasteiger partial charge in [0, 0.05) is 24.2 Å². The number of hydrogen-bond acceptors (Lipinski definition) is 5. The van der Waals surface area contributed by atoms with Crippen LogP contribution in [0, 0.1) is 13.8 Å². The van der Waals surface area contributed by atoms with E-state index in [1.165, 1.54) is 17.3 Å². The molecule has 0 bridgehead atoms. The molecule has 1 aliphatic heterocycles. The van der Waals surface area contributed by atoms with Crippen LogP contribution >= 0.6 is 11.8 Å². The third-order valence-corrected chi connectivity index (χ3v) is 7.07. The molecular formula is C28H31N3O3S. The van der Waals surface area contributed by atoms with E-state index in [1.807, 2.05) is 30.3 Å². The molecule has 1 aromatic heterocycles. The Balaban J connectivity index is 1.67. The fourth-order valence-corrected chi connectivity index (χ4v) is 5.11. The monoisotopic (exact) mass is 489 g/mol. The highest BCUT2D eigenvalue weighted by atomic mass is 32.2. The van der Waals surface area contributed by atoms with Crippen LogP contribution in [-0.4, -0.2) is 47.9 Å². The summed E-state index contributed by atoms with van der Waals surface area (Å²) >= 11 is 1.39. The predicted molar refractivity (Wildman–Crippen MR) is 144 cm³/mol. The molecule has 0 atom stereocenters. The van der Waals surface area contributed by atoms with Crippen molar-refractivity contribution < 1.29 is 14.3 Å². The van der Waals surface area contributed by atoms with E-state index in [-0.39, 0.29) is 5.91 Å². The summed E-state index contributed by atoms with van der Waals surface area (Å²) in [4.78, 5) is 20.4. The number of aryl methyl sites for hydroxylation is 2. The van der Waals surface area contributed by atoms with Crippen LogP contribution in [0.5, 0.6) is 5.75 Å². The summed E-state index contributed by atoms with van der Waals surface area (Å²) < 4.78 is 12.7. The van der Waals surface area contributed by atoms with Crippen LogP contribution in [0.3, 0.4) is 0 Å². The van der Waals surface area contributed by atoms with Gasteiger partial charge in [-0.2, -0.15) is 0 Å². The number of thioether (sulfide) groups is 1. The first-order valence-electron chi connectivity index (χ1n) is 11.7. The van der Waals surface area contributed by atoms with Crippen molar-refractivity contribution in [3.05, 3.63) is 82.0 Å². The van der Waals surface area contributed by atoms with Gasteiger partial charge in [-0.1, -0.05) is 19.1 Å². The maximum Gasteiger partial charge on any atom is 0.266 e. The lowest BCUT2D eigenvalue weighted by molar-refractivity contribution is -0.122. The summed E-state index contributed by atoms with van der Waals surface area (Å²) in [5.41, 5.74) is 6.44. The van der Waals surface area contributed by atoms with Crippen LogP contribution in [0.2, 0.25) is 0 Å². The van der Waals surface area contributed by atoms with Gasteiger partial charge in [0.1, 0.15) is 5.75 Å². The number of carbonyl (C=O) groups excluding carboxylic acids is 1. The quantitative estimate of drug-likeness (QED) is 0.369. The SMILES string of the molecule is CCc1ccc(-n2c(C)cc(/C=C3\SC(=Nc4ccc(OC)cc4)N(CCOC)C3=O)c2C)cc1. The number of ether oxygens (including phenoxy) is 2. The first-order chi connectivity index (χ1) is 16.9. The molecule has 0 radical (unpaired) electrons. The van der Waals surface area contributed by atoms with Crippen LogP contribution in [0.1, 0.15) is 29.4 Å². The minimum atomic E-state index is -0.0589. The molecule has 4 rings (SSSR count). The topological polar surface area (TPSA) is 56.1 Å². The van der Waals surface area contributed by atoms with Gasteiger partial charge >= 0.3 is 0 Å². The number of aromatic nitrogens is 1. The molecule has 2 heterocycles. The minimum Gasteiger partial charge on any atom is -0.497 e. The van der Waals surface area contributed by atoms with Gasteiger partial charge in [0.05, 0.1) is 30.9 Å². The molecule has 1 fully saturated rings. The third kappa shape index (κ3) is 5.36. The van der Waals surface area contributed by atoms with E-state index in [2.05, 4.69) is 55.7 Å². The number of hydrogen-bond donors (Lipinski definition) is 0. The molecule has 6 nitrogen and oxygen atoms in total. The Morgan fingerprint density at radius 2 is 1.74 bits per heavy atom. The number of amidine groups is 1. The second-order valence-corrected chi connectivity index (χ2v) is 9.34. The Labute approximate surface area is 211 Å². The largest absolute Gasteiger partial charge is 0.497 e. The molecular weight excluding hydrogens is 458 g/mol. The van der Waals surface area contributed by atoms with Gasteiger partial charge in [0.25, 0.3) is 5.91 Å². The number of carbonyl (C=O) groups is 1. The number of amides is 1. The zero-order valence-electron chi connectivity index (χ0n) is 20.9. The van der Waals surface area contributed by atoms with E-state index in [0.29, 0.717) is 23.2 Å². The first kappa shape index (κ1) is 24.8. The zero-order chi connectivity index (χ0) is 24.9. The van der Waals surface area contributed by atoms with Gasteiger partial charge in [-0.25, -0.2) is 4.99 Å². The lowest BCUT2D eigenvalue weighted by Gasteiger charge is -2.14. The maximum atomic E-state index is 13.3. The van der Waals surface area contributed by atoms with Crippen molar-refractivity contribution in [2.75, 3.05) is 27.4 Å². The summed E-state index contributed by atoms with van der Waals surface area (Å²) in [6, 6.07) is 18.2. The van der Waals surface area contributed by atoms with Crippen LogP contribution < -0.4 is 4.74 Å². The van der Waals surface area contributed by atoms with E-state index in [1.54, 1.807) is 19.1 Å². The molecule has 1 amide bonds. The van der Waals surface area contributed by atoms with E-state index >= 15 is 0 Å². The van der Waals surface area contributed by atoms with Gasteiger partial charge in [-0.05, 0) is 91.7 Å². The molecule has 0 unspecified atom stereocenters. The van der Waals surface area contributed by atoms with Crippen molar-refractivity contribution in [1.29, 1.82) is 0 Å². The first-order valence-corrected chi connectivity index (χ1v) is 12.5. The number of aliphatic imine (C=N–C) groups is 1. The van der Waals surface area contributed by atoms with E-state index in [9.17, 15) is 4.79 Å². The predicted octanol–water partition coefficient (Wildman–Crippen LogP) is 5.92. The van der Waals surface area contributed by atoms with E-state index < -0.39 is 0 Å².